The number of hydrogen-bond donors (Lipinski definition) is 4. The van der Waals surface area contributed by atoms with E-state index in [-0.39, 0.29) is 29.8 Å². The van der Waals surface area contributed by atoms with Crippen molar-refractivity contribution >= 4 is 39.1 Å². The van der Waals surface area contributed by atoms with E-state index in [2.05, 4.69) is 30.1 Å². The molecule has 0 spiro atoms. The lowest BCUT2D eigenvalue weighted by Gasteiger charge is -2.25. The third-order valence-electron chi connectivity index (χ3n) is 11.0. The summed E-state index contributed by atoms with van der Waals surface area (Å²) >= 11 is 6.50. The molecule has 3 heterocycles. The van der Waals surface area contributed by atoms with Gasteiger partial charge in [-0.2, -0.15) is 39.9 Å². The molecule has 5 aromatic rings. The molecule has 8 rings (SSSR count). The molecule has 0 saturated heterocycles. The highest BCUT2D eigenvalue weighted by molar-refractivity contribution is 7.85. The van der Waals surface area contributed by atoms with Crippen molar-refractivity contribution in [2.45, 2.75) is 74.4 Å². The van der Waals surface area contributed by atoms with Crippen molar-refractivity contribution < 1.29 is 65.9 Å². The van der Waals surface area contributed by atoms with E-state index >= 15 is 8.78 Å². The van der Waals surface area contributed by atoms with Crippen LogP contribution in [0.3, 0.4) is 0 Å². The molecule has 66 heavy (non-hydrogen) atoms. The summed E-state index contributed by atoms with van der Waals surface area (Å²) in [7, 11) is -4.17. The Morgan fingerprint density at radius 1 is 1.00 bits per heavy atom. The Kier molecular flexibility index (Phi) is 11.9. The van der Waals surface area contributed by atoms with Gasteiger partial charge in [0.05, 0.1) is 45.6 Å². The van der Waals surface area contributed by atoms with E-state index in [1.54, 1.807) is 0 Å². The zero-order valence-corrected chi connectivity index (χ0v) is 34.9. The van der Waals surface area contributed by atoms with Crippen molar-refractivity contribution in [2.24, 2.45) is 11.7 Å². The Morgan fingerprint density at radius 2 is 1.70 bits per heavy atom. The molecule has 13 nitrogen and oxygen atoms in total. The lowest BCUT2D eigenvalue weighted by molar-refractivity contribution is -0.268. The third kappa shape index (κ3) is 9.05. The average Bonchev–Trinajstić information content (AvgIpc) is 4.15. The van der Waals surface area contributed by atoms with Crippen LogP contribution in [-0.2, 0) is 39.9 Å². The number of hydrogen-bond acceptors (Lipinski definition) is 8. The van der Waals surface area contributed by atoms with Crippen molar-refractivity contribution in [3.63, 3.8) is 0 Å². The number of nitrogens with zero attached hydrogens (tertiary/aromatic N) is 5. The van der Waals surface area contributed by atoms with Crippen LogP contribution in [0.4, 0.5) is 54.0 Å². The van der Waals surface area contributed by atoms with Crippen molar-refractivity contribution in [1.29, 1.82) is 0 Å². The van der Waals surface area contributed by atoms with Crippen molar-refractivity contribution in [3.8, 4) is 17.1 Å². The first-order chi connectivity index (χ1) is 30.9. The summed E-state index contributed by atoms with van der Waals surface area (Å²) in [6, 6.07) is 5.40. The monoisotopic (exact) mass is 978 g/mol. The largest absolute Gasteiger partial charge is 0.433 e. The zero-order valence-electron chi connectivity index (χ0n) is 33.3. The Bertz CT molecular complexity index is 2960. The minimum Gasteiger partial charge on any atom is -0.377 e. The summed E-state index contributed by atoms with van der Waals surface area (Å²) in [5.41, 5.74) is -1.90. The number of carbonyl (C=O) groups is 1. The molecule has 350 valence electrons. The van der Waals surface area contributed by atoms with Gasteiger partial charge < -0.3 is 10.6 Å². The van der Waals surface area contributed by atoms with E-state index in [4.69, 9.17) is 17.3 Å². The Labute approximate surface area is 370 Å². The first-order valence-corrected chi connectivity index (χ1v) is 21.6. The van der Waals surface area contributed by atoms with Gasteiger partial charge in [0.2, 0.25) is 5.91 Å². The van der Waals surface area contributed by atoms with Gasteiger partial charge in [0, 0.05) is 30.0 Å². The molecule has 26 heteroatoms. The van der Waals surface area contributed by atoms with Crippen LogP contribution in [0.2, 0.25) is 5.02 Å². The summed E-state index contributed by atoms with van der Waals surface area (Å²) < 4.78 is 187. The molecule has 0 aliphatic heterocycles. The van der Waals surface area contributed by atoms with Gasteiger partial charge in [0.1, 0.15) is 46.6 Å². The second-order valence-corrected chi connectivity index (χ2v) is 18.1. The van der Waals surface area contributed by atoms with Crippen LogP contribution in [0.15, 0.2) is 59.4 Å². The smallest absolute Gasteiger partial charge is 0.377 e. The first-order valence-electron chi connectivity index (χ1n) is 19.6. The maximum absolute atomic E-state index is 15.5. The normalized spacial score (nSPS) is 18.4. The molecule has 0 unspecified atom stereocenters. The maximum atomic E-state index is 15.5. The minimum atomic E-state index is -5.03. The van der Waals surface area contributed by atoms with Gasteiger partial charge in [0.25, 0.3) is 30.2 Å². The fraction of sp³-hybridized carbons (Fsp3) is 0.350. The number of pyridine rings is 1. The number of amidine groups is 1. The van der Waals surface area contributed by atoms with Crippen LogP contribution in [0.1, 0.15) is 77.2 Å². The number of nitrogen functional groups attached to an aromatic ring is 1. The Hall–Kier alpha value is -6.11. The molecule has 0 radical (unpaired) electrons. The quantitative estimate of drug-likeness (QED) is 0.0587. The van der Waals surface area contributed by atoms with Gasteiger partial charge in [-0.05, 0) is 67.1 Å². The molecule has 2 fully saturated rings. The molecule has 3 atom stereocenters. The molecule has 3 aliphatic carbocycles. The van der Waals surface area contributed by atoms with Crippen LogP contribution in [0, 0.1) is 17.6 Å². The second kappa shape index (κ2) is 17.0. The number of alkyl halides is 9. The lowest BCUT2D eigenvalue weighted by atomic mass is 10.0. The van der Waals surface area contributed by atoms with E-state index in [1.807, 2.05) is 0 Å². The number of halogens is 12. The number of benzene rings is 2. The molecule has 0 bridgehead atoms. The van der Waals surface area contributed by atoms with Gasteiger partial charge in [-0.25, -0.2) is 36.3 Å². The number of fused-ring (bicyclic) bond motifs is 3. The molecule has 2 saturated carbocycles. The average molecular weight is 979 g/mol. The molecular weight excluding hydrogens is 947 g/mol. The highest BCUT2D eigenvalue weighted by Gasteiger charge is 2.67. The Balaban J connectivity index is 1.35. The van der Waals surface area contributed by atoms with Crippen molar-refractivity contribution in [1.82, 2.24) is 29.6 Å². The number of rotatable bonds is 15. The van der Waals surface area contributed by atoms with Crippen LogP contribution in [0.25, 0.3) is 17.1 Å². The number of sulfonamides is 1. The van der Waals surface area contributed by atoms with Crippen LogP contribution >= 0.6 is 11.6 Å². The van der Waals surface area contributed by atoms with Crippen LogP contribution in [-0.4, -0.2) is 62.7 Å². The number of amides is 1. The van der Waals surface area contributed by atoms with Gasteiger partial charge >= 0.3 is 16.2 Å². The van der Waals surface area contributed by atoms with Crippen molar-refractivity contribution in [3.05, 3.63) is 121 Å². The number of aromatic nitrogens is 5. The van der Waals surface area contributed by atoms with Crippen molar-refractivity contribution in [2.75, 3.05) is 11.9 Å². The first kappa shape index (κ1) is 46.4. The predicted molar refractivity (Wildman–Crippen MR) is 212 cm³/mol. The van der Waals surface area contributed by atoms with E-state index < -0.39 is 163 Å². The van der Waals surface area contributed by atoms with Gasteiger partial charge in [-0.3, -0.25) is 24.6 Å². The van der Waals surface area contributed by atoms with Gasteiger partial charge in [0.15, 0.2) is 0 Å². The number of anilines is 1. The number of carbonyl (C=O) groups excluding carboxylic acids is 1. The standard InChI is InChI=1S/C40H31ClF11N9O4S/c41-22-6-7-26(33(54-14-28(44)45)32(22)37(53)59-66(64,65)19-4-5-19)61-30(63)13-24(23-2-1-3-27(55-23)40(50,51)52)57-38(61)25(10-16-8-17(42)11-18(43)9-16)56-29(62)15-60-35-31(34(58-60)36(46)47)20-12-21(20)39(35,48)49/h1-3,6-9,11,13,19-21,25,28,36,54H,4-5,10,12,14-15H2,(H2,53,59)(H,56,62)/p+1/t20-,21+,25-/m0/s1. The third-order valence-corrected chi connectivity index (χ3v) is 13.2. The minimum absolute atomic E-state index is 0.111. The lowest BCUT2D eigenvalue weighted by Crippen LogP contribution is -2.80. The molecule has 3 aliphatic rings. The van der Waals surface area contributed by atoms with E-state index in [9.17, 15) is 57.5 Å². The summed E-state index contributed by atoms with van der Waals surface area (Å²) in [6.07, 6.45) is -11.9. The maximum Gasteiger partial charge on any atom is 0.433 e. The summed E-state index contributed by atoms with van der Waals surface area (Å²) in [4.78, 5) is 36.6. The molecule has 1 amide bonds. The zero-order chi connectivity index (χ0) is 47.8. The molecule has 3 aromatic heterocycles. The fourth-order valence-electron chi connectivity index (χ4n) is 8.01. The number of nitrogens with one attached hydrogen (secondary N) is 3. The summed E-state index contributed by atoms with van der Waals surface area (Å²) in [5.74, 6) is -11.1. The SMILES string of the molecule is NC(=[NH+]S(=O)(=O)C1CC1)c1c(Cl)ccc(-n2c([C@H](Cc3cc(F)cc(F)c3)NC(=O)Cn3nc(C(F)F)c4c3C(F)(F)[C@@H]3C[C@H]43)nc(-c3cccc(C(F)(F)F)n3)cc2=O)c1NCC(F)F. The van der Waals surface area contributed by atoms with E-state index in [0.29, 0.717) is 27.4 Å². The molecular formula is C40H32ClF11N9O4S+. The summed E-state index contributed by atoms with van der Waals surface area (Å²) in [5, 5.41) is 7.12. The number of nitrogens with two attached hydrogens (primary N) is 1. The Morgan fingerprint density at radius 3 is 2.33 bits per heavy atom. The fourth-order valence-corrected chi connectivity index (χ4v) is 9.60. The van der Waals surface area contributed by atoms with E-state index in [1.165, 1.54) is 0 Å². The van der Waals surface area contributed by atoms with Gasteiger partial charge in [-0.1, -0.05) is 17.7 Å². The highest BCUT2D eigenvalue weighted by Crippen LogP contribution is 2.68. The molecule has 2 aromatic carbocycles. The predicted octanol–water partition coefficient (Wildman–Crippen LogP) is 5.64. The highest BCUT2D eigenvalue weighted by atomic mass is 35.5. The molecule has 5 N–H and O–H groups in total. The summed E-state index contributed by atoms with van der Waals surface area (Å²) in [6.45, 7) is -2.41. The van der Waals surface area contributed by atoms with Crippen LogP contribution < -0.4 is 26.3 Å². The topological polar surface area (TPSA) is 181 Å². The second-order valence-electron chi connectivity index (χ2n) is 15.7. The van der Waals surface area contributed by atoms with Gasteiger partial charge in [-0.15, -0.1) is 0 Å². The van der Waals surface area contributed by atoms with E-state index in [0.717, 1.165) is 36.4 Å². The van der Waals surface area contributed by atoms with Crippen LogP contribution in [0.5, 0.6) is 0 Å².